The van der Waals surface area contributed by atoms with Crippen LogP contribution in [0.25, 0.3) is 0 Å². The first-order valence-electron chi connectivity index (χ1n) is 3.29. The maximum atomic E-state index is 12.4. The third kappa shape index (κ3) is 2.67. The van der Waals surface area contributed by atoms with Gasteiger partial charge in [0.1, 0.15) is 6.17 Å². The van der Waals surface area contributed by atoms with E-state index in [1.807, 2.05) is 0 Å². The van der Waals surface area contributed by atoms with Gasteiger partial charge in [0.25, 0.3) is 0 Å². The van der Waals surface area contributed by atoms with Gasteiger partial charge in [-0.2, -0.15) is 0 Å². The fourth-order valence-electron chi connectivity index (χ4n) is 0.581. The van der Waals surface area contributed by atoms with Crippen LogP contribution >= 0.6 is 0 Å². The monoisotopic (exact) mass is 188 g/mol. The Kier molecular flexibility index (Phi) is 4.61. The molecule has 0 aromatic heterocycles. The lowest BCUT2D eigenvalue weighted by atomic mass is 10.1. The molecule has 0 aromatic carbocycles. The van der Waals surface area contributed by atoms with E-state index in [2.05, 4.69) is 4.94 Å². The van der Waals surface area contributed by atoms with Crippen LogP contribution in [-0.2, 0) is 9.74 Å². The predicted octanol–water partition coefficient (Wildman–Crippen LogP) is 1.84. The van der Waals surface area contributed by atoms with Gasteiger partial charge in [0, 0.05) is 4.53 Å². The van der Waals surface area contributed by atoms with Gasteiger partial charge in [-0.15, -0.1) is 0 Å². The maximum Gasteiger partial charge on any atom is 0.385 e. The van der Waals surface area contributed by atoms with Crippen molar-refractivity contribution in [3.63, 3.8) is 0 Å². The summed E-state index contributed by atoms with van der Waals surface area (Å²) < 4.78 is 48.0. The third-order valence-corrected chi connectivity index (χ3v) is 1.32. The van der Waals surface area contributed by atoms with Crippen LogP contribution < -0.4 is 0 Å². The van der Waals surface area contributed by atoms with Crippen molar-refractivity contribution in [3.8, 4) is 0 Å². The van der Waals surface area contributed by atoms with Crippen molar-refractivity contribution in [3.05, 3.63) is 0 Å². The molecule has 0 rings (SSSR count). The second-order valence-electron chi connectivity index (χ2n) is 2.17. The molecular formula is C6H8F4O2. The summed E-state index contributed by atoms with van der Waals surface area (Å²) in [6.45, 7) is 1.27. The molecular weight excluding hydrogens is 180 g/mol. The Labute approximate surface area is 66.4 Å². The van der Waals surface area contributed by atoms with Gasteiger partial charge >= 0.3 is 5.97 Å². The Morgan fingerprint density at radius 1 is 1.42 bits per heavy atom. The number of rotatable bonds is 4. The molecule has 0 aliphatic heterocycles. The lowest BCUT2D eigenvalue weighted by Crippen LogP contribution is -2.34. The third-order valence-electron chi connectivity index (χ3n) is 1.32. The first kappa shape index (κ1) is 11.2. The van der Waals surface area contributed by atoms with Crippen LogP contribution in [0.15, 0.2) is 0 Å². The van der Waals surface area contributed by atoms with Gasteiger partial charge in [-0.25, -0.2) is 18.0 Å². The van der Waals surface area contributed by atoms with E-state index in [9.17, 15) is 22.5 Å². The predicted molar refractivity (Wildman–Crippen MR) is 32.2 cm³/mol. The zero-order chi connectivity index (χ0) is 9.72. The minimum Gasteiger partial charge on any atom is -0.251 e. The fraction of sp³-hybridized carbons (Fsp3) is 0.833. The highest BCUT2D eigenvalue weighted by molar-refractivity contribution is 5.74. The number of halogens is 4. The molecule has 0 aliphatic rings. The topological polar surface area (TPSA) is 26.3 Å². The zero-order valence-electron chi connectivity index (χ0n) is 6.27. The molecule has 0 aromatic rings. The van der Waals surface area contributed by atoms with Crippen molar-refractivity contribution in [1.29, 1.82) is 0 Å². The molecule has 72 valence electrons. The molecule has 0 amide bonds. The molecule has 2 nitrogen and oxygen atoms in total. The molecule has 0 heterocycles. The van der Waals surface area contributed by atoms with Crippen molar-refractivity contribution in [2.24, 2.45) is 0 Å². The lowest BCUT2D eigenvalue weighted by molar-refractivity contribution is -0.193. The van der Waals surface area contributed by atoms with Crippen molar-refractivity contribution in [2.75, 3.05) is 0 Å². The molecule has 0 fully saturated rings. The quantitative estimate of drug-likeness (QED) is 0.629. The fourth-order valence-corrected chi connectivity index (χ4v) is 0.581. The van der Waals surface area contributed by atoms with Gasteiger partial charge in [-0.1, -0.05) is 6.92 Å². The molecule has 6 heteroatoms. The van der Waals surface area contributed by atoms with Crippen molar-refractivity contribution >= 4 is 5.97 Å². The molecule has 0 saturated carbocycles. The summed E-state index contributed by atoms with van der Waals surface area (Å²) in [5.41, 5.74) is 0. The normalized spacial score (nSPS) is 18.1. The summed E-state index contributed by atoms with van der Waals surface area (Å²) >= 11 is 0. The standard InChI is InChI=1S/C6H8F4O2/c1-2-3(7)4(8)5(9)6(11)12-10/h3-5H,2H2,1H3. The largest absolute Gasteiger partial charge is 0.385 e. The highest BCUT2D eigenvalue weighted by Gasteiger charge is 2.36. The smallest absolute Gasteiger partial charge is 0.251 e. The van der Waals surface area contributed by atoms with E-state index in [4.69, 9.17) is 0 Å². The van der Waals surface area contributed by atoms with E-state index in [1.165, 1.54) is 6.92 Å². The SMILES string of the molecule is CCC(F)C(F)C(F)C(=O)OF. The summed E-state index contributed by atoms with van der Waals surface area (Å²) in [6, 6.07) is 0. The van der Waals surface area contributed by atoms with E-state index in [0.717, 1.165) is 0 Å². The number of hydrogen-bond acceptors (Lipinski definition) is 2. The number of carbonyl (C=O) groups is 1. The number of alkyl halides is 3. The van der Waals surface area contributed by atoms with Gasteiger partial charge in [-0.05, 0) is 6.42 Å². The number of hydrogen-bond donors (Lipinski definition) is 0. The van der Waals surface area contributed by atoms with Crippen LogP contribution in [0.5, 0.6) is 0 Å². The molecule has 0 spiro atoms. The Morgan fingerprint density at radius 2 is 1.92 bits per heavy atom. The van der Waals surface area contributed by atoms with Gasteiger partial charge in [-0.3, -0.25) is 4.94 Å². The van der Waals surface area contributed by atoms with Crippen LogP contribution in [0.4, 0.5) is 17.7 Å². The van der Waals surface area contributed by atoms with Crippen LogP contribution in [0.2, 0.25) is 0 Å². The molecule has 3 unspecified atom stereocenters. The first-order valence-corrected chi connectivity index (χ1v) is 3.29. The lowest BCUT2D eigenvalue weighted by Gasteiger charge is -2.12. The molecule has 0 bridgehead atoms. The Bertz CT molecular complexity index is 152. The van der Waals surface area contributed by atoms with E-state index >= 15 is 0 Å². The molecule has 3 atom stereocenters. The summed E-state index contributed by atoms with van der Waals surface area (Å²) in [5, 5.41) is 0. The average Bonchev–Trinajstić information content (AvgIpc) is 2.12. The van der Waals surface area contributed by atoms with Gasteiger partial charge in [0.2, 0.25) is 6.17 Å². The van der Waals surface area contributed by atoms with Crippen LogP contribution in [0.1, 0.15) is 13.3 Å². The summed E-state index contributed by atoms with van der Waals surface area (Å²) in [6.07, 6.45) is -7.98. The van der Waals surface area contributed by atoms with Crippen molar-refractivity contribution < 1.29 is 27.4 Å². The molecule has 0 aliphatic carbocycles. The summed E-state index contributed by atoms with van der Waals surface area (Å²) in [4.78, 5) is 12.4. The van der Waals surface area contributed by atoms with Crippen LogP contribution in [-0.4, -0.2) is 24.5 Å². The van der Waals surface area contributed by atoms with Crippen LogP contribution in [0.3, 0.4) is 0 Å². The molecule has 12 heavy (non-hydrogen) atoms. The maximum absolute atomic E-state index is 12.4. The van der Waals surface area contributed by atoms with E-state index < -0.39 is 24.5 Å². The van der Waals surface area contributed by atoms with Crippen LogP contribution in [0, 0.1) is 0 Å². The second-order valence-corrected chi connectivity index (χ2v) is 2.17. The summed E-state index contributed by atoms with van der Waals surface area (Å²) in [7, 11) is 0. The van der Waals surface area contributed by atoms with Crippen molar-refractivity contribution in [1.82, 2.24) is 0 Å². The summed E-state index contributed by atoms with van der Waals surface area (Å²) in [5.74, 6) is -2.04. The minimum absolute atomic E-state index is 0.291. The first-order chi connectivity index (χ1) is 5.54. The minimum atomic E-state index is -2.90. The number of carbonyl (C=O) groups excluding carboxylic acids is 1. The second kappa shape index (κ2) is 4.95. The zero-order valence-corrected chi connectivity index (χ0v) is 6.27. The highest BCUT2D eigenvalue weighted by Crippen LogP contribution is 2.15. The van der Waals surface area contributed by atoms with E-state index in [0.29, 0.717) is 0 Å². The van der Waals surface area contributed by atoms with E-state index in [1.54, 1.807) is 0 Å². The van der Waals surface area contributed by atoms with Gasteiger partial charge in [0.15, 0.2) is 6.17 Å². The Morgan fingerprint density at radius 3 is 2.25 bits per heavy atom. The molecule has 0 radical (unpaired) electrons. The molecule has 0 saturated heterocycles. The molecule has 0 N–H and O–H groups in total. The average molecular weight is 188 g/mol. The van der Waals surface area contributed by atoms with E-state index in [-0.39, 0.29) is 6.42 Å². The van der Waals surface area contributed by atoms with Gasteiger partial charge in [0.05, 0.1) is 0 Å². The Hall–Kier alpha value is -0.810. The van der Waals surface area contributed by atoms with Gasteiger partial charge < -0.3 is 0 Å². The highest BCUT2D eigenvalue weighted by atomic mass is 19.3. The Balaban J connectivity index is 4.08. The van der Waals surface area contributed by atoms with Crippen molar-refractivity contribution in [2.45, 2.75) is 31.9 Å².